The molecule has 0 unspecified atom stereocenters. The molecular weight excluding hydrogens is 393 g/mol. The SMILES string of the molecule is CCOC(=O)CCN(Cc1ccccc1F)S(=O)(=O)c1ccc2ccccc2c1. The Labute approximate surface area is 169 Å². The summed E-state index contributed by atoms with van der Waals surface area (Å²) in [4.78, 5) is 11.9. The Morgan fingerprint density at radius 1 is 1.00 bits per heavy atom. The van der Waals surface area contributed by atoms with Crippen molar-refractivity contribution in [3.05, 3.63) is 78.1 Å². The zero-order valence-electron chi connectivity index (χ0n) is 16.0. The average molecular weight is 415 g/mol. The molecule has 5 nitrogen and oxygen atoms in total. The monoisotopic (exact) mass is 415 g/mol. The van der Waals surface area contributed by atoms with Gasteiger partial charge < -0.3 is 4.74 Å². The number of sulfonamides is 1. The molecule has 0 heterocycles. The average Bonchev–Trinajstić information content (AvgIpc) is 2.72. The predicted octanol–water partition coefficient (Wildman–Crippen LogP) is 4.12. The number of carbonyl (C=O) groups is 1. The lowest BCUT2D eigenvalue weighted by molar-refractivity contribution is -0.143. The Hall–Kier alpha value is -2.77. The van der Waals surface area contributed by atoms with E-state index in [0.717, 1.165) is 15.1 Å². The third-order valence-corrected chi connectivity index (χ3v) is 6.38. The molecule has 152 valence electrons. The van der Waals surface area contributed by atoms with Gasteiger partial charge in [-0.1, -0.05) is 48.5 Å². The van der Waals surface area contributed by atoms with Crippen molar-refractivity contribution in [2.24, 2.45) is 0 Å². The van der Waals surface area contributed by atoms with Gasteiger partial charge in [0.2, 0.25) is 10.0 Å². The number of nitrogens with zero attached hydrogens (tertiary/aromatic N) is 1. The maximum atomic E-state index is 14.2. The molecular formula is C22H22FNO4S. The summed E-state index contributed by atoms with van der Waals surface area (Å²) in [5, 5.41) is 1.70. The van der Waals surface area contributed by atoms with Crippen molar-refractivity contribution in [1.82, 2.24) is 4.31 Å². The zero-order valence-corrected chi connectivity index (χ0v) is 16.9. The first-order valence-electron chi connectivity index (χ1n) is 9.30. The Morgan fingerprint density at radius 3 is 2.41 bits per heavy atom. The minimum atomic E-state index is -3.96. The van der Waals surface area contributed by atoms with E-state index < -0.39 is 21.8 Å². The first kappa shape index (κ1) is 21.0. The molecule has 3 aromatic carbocycles. The molecule has 0 aliphatic carbocycles. The quantitative estimate of drug-likeness (QED) is 0.519. The molecule has 0 aromatic heterocycles. The van der Waals surface area contributed by atoms with Crippen LogP contribution in [0.3, 0.4) is 0 Å². The second kappa shape index (κ2) is 9.15. The van der Waals surface area contributed by atoms with E-state index in [2.05, 4.69) is 0 Å². The zero-order chi connectivity index (χ0) is 20.9. The van der Waals surface area contributed by atoms with Gasteiger partial charge in [0.1, 0.15) is 5.82 Å². The molecule has 29 heavy (non-hydrogen) atoms. The van der Waals surface area contributed by atoms with Crippen molar-refractivity contribution >= 4 is 26.8 Å². The largest absolute Gasteiger partial charge is 0.466 e. The number of fused-ring (bicyclic) bond motifs is 1. The summed E-state index contributed by atoms with van der Waals surface area (Å²) >= 11 is 0. The minimum Gasteiger partial charge on any atom is -0.466 e. The highest BCUT2D eigenvalue weighted by Gasteiger charge is 2.26. The van der Waals surface area contributed by atoms with Crippen molar-refractivity contribution in [2.45, 2.75) is 24.8 Å². The second-order valence-corrected chi connectivity index (χ2v) is 8.43. The van der Waals surface area contributed by atoms with Crippen LogP contribution in [0.5, 0.6) is 0 Å². The van der Waals surface area contributed by atoms with E-state index in [9.17, 15) is 17.6 Å². The summed E-state index contributed by atoms with van der Waals surface area (Å²) in [6.45, 7) is 1.61. The molecule has 0 saturated heterocycles. The summed E-state index contributed by atoms with van der Waals surface area (Å²) in [6, 6.07) is 18.3. The van der Waals surface area contributed by atoms with Crippen molar-refractivity contribution in [3.63, 3.8) is 0 Å². The summed E-state index contributed by atoms with van der Waals surface area (Å²) in [5.41, 5.74) is 0.237. The summed E-state index contributed by atoms with van der Waals surface area (Å²) in [5.74, 6) is -0.998. The van der Waals surface area contributed by atoms with E-state index >= 15 is 0 Å². The van der Waals surface area contributed by atoms with Crippen LogP contribution in [0.15, 0.2) is 71.6 Å². The lowest BCUT2D eigenvalue weighted by Gasteiger charge is -2.22. The van der Waals surface area contributed by atoms with Gasteiger partial charge in [-0.05, 0) is 35.9 Å². The third-order valence-electron chi connectivity index (χ3n) is 4.53. The van der Waals surface area contributed by atoms with Gasteiger partial charge in [0.05, 0.1) is 17.9 Å². The molecule has 0 N–H and O–H groups in total. The van der Waals surface area contributed by atoms with Gasteiger partial charge in [0, 0.05) is 18.7 Å². The predicted molar refractivity (Wildman–Crippen MR) is 109 cm³/mol. The van der Waals surface area contributed by atoms with Crippen LogP contribution >= 0.6 is 0 Å². The van der Waals surface area contributed by atoms with Gasteiger partial charge in [-0.25, -0.2) is 12.8 Å². The minimum absolute atomic E-state index is 0.0939. The van der Waals surface area contributed by atoms with E-state index in [1.165, 1.54) is 18.2 Å². The van der Waals surface area contributed by atoms with Gasteiger partial charge in [0.25, 0.3) is 0 Å². The van der Waals surface area contributed by atoms with Crippen LogP contribution in [-0.2, 0) is 26.1 Å². The Bertz CT molecular complexity index is 1110. The highest BCUT2D eigenvalue weighted by Crippen LogP contribution is 2.24. The standard InChI is InChI=1S/C22H22FNO4S/c1-2-28-22(25)13-14-24(16-19-9-5-6-10-21(19)23)29(26,27)20-12-11-17-7-3-4-8-18(17)15-20/h3-12,15H,2,13-14,16H2,1H3. The van der Waals surface area contributed by atoms with E-state index in [1.807, 2.05) is 24.3 Å². The molecule has 0 saturated carbocycles. The molecule has 0 radical (unpaired) electrons. The van der Waals surface area contributed by atoms with Crippen molar-refractivity contribution in [2.75, 3.05) is 13.2 Å². The molecule has 3 aromatic rings. The number of halogens is 1. The molecule has 0 bridgehead atoms. The smallest absolute Gasteiger partial charge is 0.307 e. The van der Waals surface area contributed by atoms with Gasteiger partial charge in [-0.2, -0.15) is 4.31 Å². The van der Waals surface area contributed by atoms with Crippen LogP contribution < -0.4 is 0 Å². The number of rotatable bonds is 8. The maximum Gasteiger partial charge on any atom is 0.307 e. The van der Waals surface area contributed by atoms with Crippen LogP contribution in [0.4, 0.5) is 4.39 Å². The van der Waals surface area contributed by atoms with Crippen molar-refractivity contribution in [1.29, 1.82) is 0 Å². The van der Waals surface area contributed by atoms with Crippen LogP contribution in [-0.4, -0.2) is 31.8 Å². The lowest BCUT2D eigenvalue weighted by Crippen LogP contribution is -2.33. The maximum absolute atomic E-state index is 14.2. The van der Waals surface area contributed by atoms with E-state index in [1.54, 1.807) is 31.2 Å². The Morgan fingerprint density at radius 2 is 1.69 bits per heavy atom. The normalized spacial score (nSPS) is 11.7. The highest BCUT2D eigenvalue weighted by atomic mass is 32.2. The number of benzene rings is 3. The second-order valence-electron chi connectivity index (χ2n) is 6.49. The van der Waals surface area contributed by atoms with E-state index in [0.29, 0.717) is 0 Å². The number of ether oxygens (including phenoxy) is 1. The number of carbonyl (C=O) groups excluding carboxylic acids is 1. The number of hydrogen-bond donors (Lipinski definition) is 0. The van der Waals surface area contributed by atoms with Crippen LogP contribution in [0.25, 0.3) is 10.8 Å². The molecule has 0 aliphatic heterocycles. The van der Waals surface area contributed by atoms with Crippen molar-refractivity contribution < 1.29 is 22.3 Å². The molecule has 0 amide bonds. The van der Waals surface area contributed by atoms with E-state index in [-0.39, 0.29) is 36.6 Å². The molecule has 0 atom stereocenters. The van der Waals surface area contributed by atoms with Gasteiger partial charge in [-0.15, -0.1) is 0 Å². The highest BCUT2D eigenvalue weighted by molar-refractivity contribution is 7.89. The fourth-order valence-electron chi connectivity index (χ4n) is 3.03. The Kier molecular flexibility index (Phi) is 6.61. The molecule has 0 spiro atoms. The summed E-state index contributed by atoms with van der Waals surface area (Å²) < 4.78 is 46.8. The fraction of sp³-hybridized carbons (Fsp3) is 0.227. The number of esters is 1. The van der Waals surface area contributed by atoms with Gasteiger partial charge >= 0.3 is 5.97 Å². The van der Waals surface area contributed by atoms with E-state index in [4.69, 9.17) is 4.74 Å². The topological polar surface area (TPSA) is 63.7 Å². The fourth-order valence-corrected chi connectivity index (χ4v) is 4.48. The molecule has 3 rings (SSSR count). The summed E-state index contributed by atoms with van der Waals surface area (Å²) in [6.07, 6.45) is -0.116. The van der Waals surface area contributed by atoms with Gasteiger partial charge in [0.15, 0.2) is 0 Å². The van der Waals surface area contributed by atoms with Crippen LogP contribution in [0.2, 0.25) is 0 Å². The summed E-state index contributed by atoms with van der Waals surface area (Å²) in [7, 11) is -3.96. The lowest BCUT2D eigenvalue weighted by atomic mass is 10.1. The van der Waals surface area contributed by atoms with Crippen LogP contribution in [0.1, 0.15) is 18.9 Å². The molecule has 0 aliphatic rings. The van der Waals surface area contributed by atoms with Crippen LogP contribution in [0, 0.1) is 5.82 Å². The number of hydrogen-bond acceptors (Lipinski definition) is 4. The van der Waals surface area contributed by atoms with Gasteiger partial charge in [-0.3, -0.25) is 4.79 Å². The Balaban J connectivity index is 1.95. The first-order valence-corrected chi connectivity index (χ1v) is 10.7. The third kappa shape index (κ3) is 4.99. The molecule has 7 heteroatoms. The first-order chi connectivity index (χ1) is 13.9. The molecule has 0 fully saturated rings. The van der Waals surface area contributed by atoms with Crippen molar-refractivity contribution in [3.8, 4) is 0 Å².